The molecular formula is C19H21ClO3S. The molecule has 2 rings (SSSR count). The first kappa shape index (κ1) is 18.7. The van der Waals surface area contributed by atoms with Gasteiger partial charge in [-0.15, -0.1) is 0 Å². The molecule has 0 amide bonds. The second-order valence-electron chi connectivity index (χ2n) is 5.54. The number of aryl methyl sites for hydroxylation is 2. The Kier molecular flexibility index (Phi) is 6.58. The fourth-order valence-corrected chi connectivity index (χ4v) is 2.78. The molecule has 128 valence electrons. The first-order valence-electron chi connectivity index (χ1n) is 7.78. The SMILES string of the molecule is CCC(=O)Oc1cccc(CS)c1COc1cc(Cl)c(C)cc1C. The molecule has 0 heterocycles. The molecule has 0 aliphatic rings. The number of thiol groups is 1. The summed E-state index contributed by atoms with van der Waals surface area (Å²) < 4.78 is 11.4. The van der Waals surface area contributed by atoms with Crippen molar-refractivity contribution in [3.8, 4) is 11.5 Å². The van der Waals surface area contributed by atoms with Crippen molar-refractivity contribution >= 4 is 30.2 Å². The summed E-state index contributed by atoms with van der Waals surface area (Å²) in [6, 6.07) is 9.37. The van der Waals surface area contributed by atoms with Crippen molar-refractivity contribution in [3.63, 3.8) is 0 Å². The number of carbonyl (C=O) groups is 1. The van der Waals surface area contributed by atoms with Gasteiger partial charge in [0, 0.05) is 22.8 Å². The summed E-state index contributed by atoms with van der Waals surface area (Å²) in [5.41, 5.74) is 3.81. The van der Waals surface area contributed by atoms with Gasteiger partial charge in [0.25, 0.3) is 0 Å². The maximum absolute atomic E-state index is 11.6. The summed E-state index contributed by atoms with van der Waals surface area (Å²) in [6.45, 7) is 5.97. The number of hydrogen-bond donors (Lipinski definition) is 1. The zero-order valence-corrected chi connectivity index (χ0v) is 15.7. The summed E-state index contributed by atoms with van der Waals surface area (Å²) in [4.78, 5) is 11.6. The highest BCUT2D eigenvalue weighted by Gasteiger charge is 2.13. The predicted molar refractivity (Wildman–Crippen MR) is 100 cm³/mol. The lowest BCUT2D eigenvalue weighted by atomic mass is 10.1. The van der Waals surface area contributed by atoms with E-state index in [-0.39, 0.29) is 12.6 Å². The zero-order chi connectivity index (χ0) is 17.7. The van der Waals surface area contributed by atoms with Crippen molar-refractivity contribution in [1.82, 2.24) is 0 Å². The van der Waals surface area contributed by atoms with Gasteiger partial charge in [-0.1, -0.05) is 36.7 Å². The zero-order valence-electron chi connectivity index (χ0n) is 14.1. The molecule has 0 N–H and O–H groups in total. The lowest BCUT2D eigenvalue weighted by molar-refractivity contribution is -0.134. The van der Waals surface area contributed by atoms with Gasteiger partial charge >= 0.3 is 5.97 Å². The van der Waals surface area contributed by atoms with Gasteiger partial charge < -0.3 is 9.47 Å². The maximum atomic E-state index is 11.6. The van der Waals surface area contributed by atoms with E-state index in [1.807, 2.05) is 38.1 Å². The minimum Gasteiger partial charge on any atom is -0.488 e. The molecule has 0 saturated carbocycles. The number of ether oxygens (including phenoxy) is 2. The van der Waals surface area contributed by atoms with Crippen LogP contribution in [0.15, 0.2) is 30.3 Å². The fourth-order valence-electron chi connectivity index (χ4n) is 2.33. The van der Waals surface area contributed by atoms with Crippen molar-refractivity contribution in [3.05, 3.63) is 57.6 Å². The van der Waals surface area contributed by atoms with Gasteiger partial charge in [-0.2, -0.15) is 12.6 Å². The summed E-state index contributed by atoms with van der Waals surface area (Å²) in [5.74, 6) is 1.49. The average Bonchev–Trinajstić information content (AvgIpc) is 2.57. The number of halogens is 1. The Balaban J connectivity index is 2.28. The molecule has 0 unspecified atom stereocenters. The number of hydrogen-bond acceptors (Lipinski definition) is 4. The van der Waals surface area contributed by atoms with E-state index in [1.165, 1.54) is 0 Å². The Morgan fingerprint density at radius 1 is 1.17 bits per heavy atom. The molecule has 0 aliphatic carbocycles. The summed E-state index contributed by atoms with van der Waals surface area (Å²) >= 11 is 10.5. The Bertz CT molecular complexity index is 744. The number of benzene rings is 2. The van der Waals surface area contributed by atoms with Gasteiger partial charge in [0.15, 0.2) is 0 Å². The quantitative estimate of drug-likeness (QED) is 0.430. The van der Waals surface area contributed by atoms with Gasteiger partial charge in [0.1, 0.15) is 18.1 Å². The van der Waals surface area contributed by atoms with E-state index in [0.717, 1.165) is 22.3 Å². The summed E-state index contributed by atoms with van der Waals surface area (Å²) in [6.07, 6.45) is 0.318. The number of carbonyl (C=O) groups excluding carboxylic acids is 1. The van der Waals surface area contributed by atoms with Crippen LogP contribution in [-0.4, -0.2) is 5.97 Å². The molecular weight excluding hydrogens is 344 g/mol. The van der Waals surface area contributed by atoms with Gasteiger partial charge in [-0.3, -0.25) is 4.79 Å². The van der Waals surface area contributed by atoms with Gasteiger partial charge in [-0.05, 0) is 42.7 Å². The highest BCUT2D eigenvalue weighted by Crippen LogP contribution is 2.30. The molecule has 3 nitrogen and oxygen atoms in total. The molecule has 0 saturated heterocycles. The second kappa shape index (κ2) is 8.45. The molecule has 0 fully saturated rings. The fraction of sp³-hybridized carbons (Fsp3) is 0.316. The lowest BCUT2D eigenvalue weighted by Gasteiger charge is -2.16. The van der Waals surface area contributed by atoms with E-state index in [1.54, 1.807) is 13.0 Å². The smallest absolute Gasteiger partial charge is 0.310 e. The minimum atomic E-state index is -0.276. The highest BCUT2D eigenvalue weighted by molar-refractivity contribution is 7.79. The van der Waals surface area contributed by atoms with E-state index < -0.39 is 0 Å². The van der Waals surface area contributed by atoms with Crippen LogP contribution in [0.25, 0.3) is 0 Å². The molecule has 2 aromatic rings. The molecule has 0 atom stereocenters. The Labute approximate surface area is 153 Å². The molecule has 0 aromatic heterocycles. The van der Waals surface area contributed by atoms with Gasteiger partial charge in [0.2, 0.25) is 0 Å². The second-order valence-corrected chi connectivity index (χ2v) is 6.26. The van der Waals surface area contributed by atoms with Crippen molar-refractivity contribution in [2.24, 2.45) is 0 Å². The van der Waals surface area contributed by atoms with E-state index in [4.69, 9.17) is 21.1 Å². The summed E-state index contributed by atoms with van der Waals surface area (Å²) in [7, 11) is 0. The van der Waals surface area contributed by atoms with Crippen LogP contribution in [0, 0.1) is 13.8 Å². The van der Waals surface area contributed by atoms with Crippen molar-refractivity contribution in [2.75, 3.05) is 0 Å². The molecule has 0 radical (unpaired) electrons. The van der Waals surface area contributed by atoms with Crippen molar-refractivity contribution in [1.29, 1.82) is 0 Å². The summed E-state index contributed by atoms with van der Waals surface area (Å²) in [5, 5.41) is 0.663. The largest absolute Gasteiger partial charge is 0.488 e. The van der Waals surface area contributed by atoms with E-state index >= 15 is 0 Å². The molecule has 24 heavy (non-hydrogen) atoms. The van der Waals surface area contributed by atoms with Crippen LogP contribution in [0.5, 0.6) is 11.5 Å². The van der Waals surface area contributed by atoms with E-state index in [2.05, 4.69) is 12.6 Å². The third kappa shape index (κ3) is 4.46. The first-order chi connectivity index (χ1) is 11.5. The third-order valence-electron chi connectivity index (χ3n) is 3.74. The lowest BCUT2D eigenvalue weighted by Crippen LogP contribution is -2.10. The van der Waals surface area contributed by atoms with Gasteiger partial charge in [-0.25, -0.2) is 0 Å². The number of esters is 1. The van der Waals surface area contributed by atoms with Crippen LogP contribution < -0.4 is 9.47 Å². The van der Waals surface area contributed by atoms with Crippen LogP contribution in [0.3, 0.4) is 0 Å². The third-order valence-corrected chi connectivity index (χ3v) is 4.49. The molecule has 0 bridgehead atoms. The van der Waals surface area contributed by atoms with Crippen LogP contribution in [-0.2, 0) is 17.2 Å². The predicted octanol–water partition coefficient (Wildman–Crippen LogP) is 5.28. The molecule has 5 heteroatoms. The van der Waals surface area contributed by atoms with Crippen LogP contribution in [0.4, 0.5) is 0 Å². The molecule has 0 spiro atoms. The number of rotatable bonds is 6. The molecule has 0 aliphatic heterocycles. The van der Waals surface area contributed by atoms with Crippen molar-refractivity contribution < 1.29 is 14.3 Å². The van der Waals surface area contributed by atoms with Gasteiger partial charge in [0.05, 0.1) is 0 Å². The van der Waals surface area contributed by atoms with E-state index in [9.17, 15) is 4.79 Å². The Morgan fingerprint density at radius 3 is 2.58 bits per heavy atom. The molecule has 2 aromatic carbocycles. The van der Waals surface area contributed by atoms with Crippen LogP contribution in [0.2, 0.25) is 5.02 Å². The van der Waals surface area contributed by atoms with Crippen LogP contribution in [0.1, 0.15) is 35.6 Å². The standard InChI is InChI=1S/C19H21ClO3S/c1-4-19(21)23-17-7-5-6-14(11-24)15(17)10-22-18-9-16(20)12(2)8-13(18)3/h5-9,24H,4,10-11H2,1-3H3. The Morgan fingerprint density at radius 2 is 1.92 bits per heavy atom. The first-order valence-corrected chi connectivity index (χ1v) is 8.79. The minimum absolute atomic E-state index is 0.276. The van der Waals surface area contributed by atoms with Crippen LogP contribution >= 0.6 is 24.2 Å². The van der Waals surface area contributed by atoms with E-state index in [0.29, 0.717) is 28.7 Å². The maximum Gasteiger partial charge on any atom is 0.310 e. The Hall–Kier alpha value is -1.65. The normalized spacial score (nSPS) is 10.5. The average molecular weight is 365 g/mol. The topological polar surface area (TPSA) is 35.5 Å². The highest BCUT2D eigenvalue weighted by atomic mass is 35.5. The monoisotopic (exact) mass is 364 g/mol. The van der Waals surface area contributed by atoms with Crippen molar-refractivity contribution in [2.45, 2.75) is 39.6 Å².